The molecular formula is C13H13ClN2O2. The Morgan fingerprint density at radius 2 is 1.94 bits per heavy atom. The van der Waals surface area contributed by atoms with Crippen molar-refractivity contribution in [2.24, 2.45) is 0 Å². The van der Waals surface area contributed by atoms with Crippen molar-refractivity contribution in [2.75, 3.05) is 17.7 Å². The molecule has 0 aliphatic heterocycles. The summed E-state index contributed by atoms with van der Waals surface area (Å²) in [4.78, 5) is 21.6. The van der Waals surface area contributed by atoms with Gasteiger partial charge in [0.15, 0.2) is 0 Å². The zero-order valence-corrected chi connectivity index (χ0v) is 10.7. The largest absolute Gasteiger partial charge is 0.344 e. The van der Waals surface area contributed by atoms with E-state index in [0.717, 1.165) is 11.3 Å². The summed E-state index contributed by atoms with van der Waals surface area (Å²) >= 11 is 5.31. The van der Waals surface area contributed by atoms with E-state index in [9.17, 15) is 9.59 Å². The van der Waals surface area contributed by atoms with Crippen molar-refractivity contribution in [1.82, 2.24) is 5.32 Å². The number of hydrogen-bond acceptors (Lipinski definition) is 2. The van der Waals surface area contributed by atoms with Crippen molar-refractivity contribution >= 4 is 29.1 Å². The van der Waals surface area contributed by atoms with Crippen molar-refractivity contribution in [3.05, 3.63) is 29.8 Å². The van der Waals surface area contributed by atoms with E-state index in [1.807, 2.05) is 0 Å². The van der Waals surface area contributed by atoms with Gasteiger partial charge in [0.2, 0.25) is 11.8 Å². The van der Waals surface area contributed by atoms with Crippen LogP contribution >= 0.6 is 11.6 Å². The highest BCUT2D eigenvalue weighted by Crippen LogP contribution is 2.08. The van der Waals surface area contributed by atoms with E-state index in [2.05, 4.69) is 22.5 Å². The van der Waals surface area contributed by atoms with Crippen molar-refractivity contribution in [3.63, 3.8) is 0 Å². The summed E-state index contributed by atoms with van der Waals surface area (Å²) in [6.07, 6.45) is 0. The topological polar surface area (TPSA) is 58.2 Å². The van der Waals surface area contributed by atoms with Gasteiger partial charge in [0.05, 0.1) is 6.54 Å². The van der Waals surface area contributed by atoms with Gasteiger partial charge in [-0.2, -0.15) is 0 Å². The Hall–Kier alpha value is -1.99. The first kappa shape index (κ1) is 14.1. The predicted octanol–water partition coefficient (Wildman–Crippen LogP) is 1.35. The van der Waals surface area contributed by atoms with Gasteiger partial charge in [0.25, 0.3) is 0 Å². The monoisotopic (exact) mass is 264 g/mol. The SMILES string of the molecule is CC(=O)Nc1ccc(C#CCNC(=O)CCl)cc1. The Bertz CT molecular complexity index is 486. The molecule has 0 aromatic heterocycles. The number of amides is 2. The molecule has 0 aliphatic rings. The molecule has 0 saturated carbocycles. The molecule has 1 rings (SSSR count). The zero-order chi connectivity index (χ0) is 13.4. The summed E-state index contributed by atoms with van der Waals surface area (Å²) < 4.78 is 0. The fourth-order valence-corrected chi connectivity index (χ4v) is 1.27. The number of benzene rings is 1. The summed E-state index contributed by atoms with van der Waals surface area (Å²) in [6.45, 7) is 1.71. The van der Waals surface area contributed by atoms with Crippen molar-refractivity contribution < 1.29 is 9.59 Å². The molecular weight excluding hydrogens is 252 g/mol. The lowest BCUT2D eigenvalue weighted by Gasteiger charge is -2.00. The molecule has 2 N–H and O–H groups in total. The smallest absolute Gasteiger partial charge is 0.235 e. The maximum absolute atomic E-state index is 10.8. The summed E-state index contributed by atoms with van der Waals surface area (Å²) in [5.74, 6) is 5.26. The van der Waals surface area contributed by atoms with Crippen LogP contribution < -0.4 is 10.6 Å². The van der Waals surface area contributed by atoms with E-state index in [0.29, 0.717) is 0 Å². The summed E-state index contributed by atoms with van der Waals surface area (Å²) in [5.41, 5.74) is 1.53. The van der Waals surface area contributed by atoms with E-state index in [1.54, 1.807) is 24.3 Å². The molecule has 0 saturated heterocycles. The van der Waals surface area contributed by atoms with Crippen LogP contribution in [0, 0.1) is 11.8 Å². The Kier molecular flexibility index (Phi) is 5.75. The van der Waals surface area contributed by atoms with Gasteiger partial charge >= 0.3 is 0 Å². The fourth-order valence-electron chi connectivity index (χ4n) is 1.18. The standard InChI is InChI=1S/C13H13ClN2O2/c1-10(17)16-12-6-4-11(5-7-12)3-2-8-15-13(18)9-14/h4-7H,8-9H2,1H3,(H,15,18)(H,16,17). The molecule has 94 valence electrons. The molecule has 0 heterocycles. The van der Waals surface area contributed by atoms with E-state index in [1.165, 1.54) is 6.92 Å². The lowest BCUT2D eigenvalue weighted by molar-refractivity contribution is -0.118. The van der Waals surface area contributed by atoms with Gasteiger partial charge in [-0.15, -0.1) is 11.6 Å². The number of carbonyl (C=O) groups excluding carboxylic acids is 2. The highest BCUT2D eigenvalue weighted by atomic mass is 35.5. The van der Waals surface area contributed by atoms with Crippen LogP contribution in [0.25, 0.3) is 0 Å². The van der Waals surface area contributed by atoms with Gasteiger partial charge in [-0.3, -0.25) is 9.59 Å². The summed E-state index contributed by atoms with van der Waals surface area (Å²) in [5, 5.41) is 5.20. The molecule has 1 aromatic rings. The molecule has 0 fully saturated rings. The van der Waals surface area contributed by atoms with Gasteiger partial charge in [-0.1, -0.05) is 11.8 Å². The summed E-state index contributed by atoms with van der Waals surface area (Å²) in [7, 11) is 0. The highest BCUT2D eigenvalue weighted by Gasteiger charge is 1.95. The third-order valence-electron chi connectivity index (χ3n) is 1.93. The number of alkyl halides is 1. The minimum Gasteiger partial charge on any atom is -0.344 e. The van der Waals surface area contributed by atoms with Gasteiger partial charge < -0.3 is 10.6 Å². The molecule has 4 nitrogen and oxygen atoms in total. The molecule has 2 amide bonds. The molecule has 5 heteroatoms. The van der Waals surface area contributed by atoms with Crippen LogP contribution in [0.2, 0.25) is 0 Å². The Labute approximate surface area is 111 Å². The lowest BCUT2D eigenvalue weighted by Crippen LogP contribution is -2.24. The predicted molar refractivity (Wildman–Crippen MR) is 71.4 cm³/mol. The maximum Gasteiger partial charge on any atom is 0.235 e. The average Bonchev–Trinajstić information content (AvgIpc) is 2.35. The number of rotatable bonds is 3. The molecule has 0 bridgehead atoms. The fraction of sp³-hybridized carbons (Fsp3) is 0.231. The van der Waals surface area contributed by atoms with Crippen molar-refractivity contribution in [3.8, 4) is 11.8 Å². The van der Waals surface area contributed by atoms with Crippen LogP contribution in [-0.2, 0) is 9.59 Å². The Morgan fingerprint density at radius 1 is 1.28 bits per heavy atom. The molecule has 0 aliphatic carbocycles. The third-order valence-corrected chi connectivity index (χ3v) is 2.18. The second kappa shape index (κ2) is 7.36. The quantitative estimate of drug-likeness (QED) is 0.640. The number of halogens is 1. The summed E-state index contributed by atoms with van der Waals surface area (Å²) in [6, 6.07) is 7.12. The van der Waals surface area contributed by atoms with Crippen LogP contribution in [0.4, 0.5) is 5.69 Å². The molecule has 0 unspecified atom stereocenters. The molecule has 0 radical (unpaired) electrons. The molecule has 0 spiro atoms. The van der Waals surface area contributed by atoms with Crippen LogP contribution in [0.15, 0.2) is 24.3 Å². The number of hydrogen-bond donors (Lipinski definition) is 2. The van der Waals surface area contributed by atoms with Crippen LogP contribution in [-0.4, -0.2) is 24.2 Å². The van der Waals surface area contributed by atoms with E-state index < -0.39 is 0 Å². The molecule has 0 atom stereocenters. The average molecular weight is 265 g/mol. The zero-order valence-electron chi connectivity index (χ0n) is 9.92. The highest BCUT2D eigenvalue weighted by molar-refractivity contribution is 6.27. The second-order valence-corrected chi connectivity index (χ2v) is 3.74. The lowest BCUT2D eigenvalue weighted by atomic mass is 10.2. The normalized spacial score (nSPS) is 9.00. The Balaban J connectivity index is 2.51. The minimum atomic E-state index is -0.244. The van der Waals surface area contributed by atoms with Crippen LogP contribution in [0.5, 0.6) is 0 Å². The van der Waals surface area contributed by atoms with Gasteiger partial charge in [0.1, 0.15) is 5.88 Å². The second-order valence-electron chi connectivity index (χ2n) is 3.47. The van der Waals surface area contributed by atoms with Crippen LogP contribution in [0.3, 0.4) is 0 Å². The van der Waals surface area contributed by atoms with Gasteiger partial charge in [0, 0.05) is 18.2 Å². The van der Waals surface area contributed by atoms with Crippen molar-refractivity contribution in [2.45, 2.75) is 6.92 Å². The van der Waals surface area contributed by atoms with E-state index in [4.69, 9.17) is 11.6 Å². The molecule has 1 aromatic carbocycles. The van der Waals surface area contributed by atoms with E-state index in [-0.39, 0.29) is 24.2 Å². The third kappa shape index (κ3) is 5.37. The minimum absolute atomic E-state index is 0.0624. The first-order valence-electron chi connectivity index (χ1n) is 5.31. The number of carbonyl (C=O) groups is 2. The van der Waals surface area contributed by atoms with Gasteiger partial charge in [-0.25, -0.2) is 0 Å². The maximum atomic E-state index is 10.8. The first-order chi connectivity index (χ1) is 8.61. The van der Waals surface area contributed by atoms with Gasteiger partial charge in [-0.05, 0) is 24.3 Å². The molecule has 18 heavy (non-hydrogen) atoms. The van der Waals surface area contributed by atoms with Crippen LogP contribution in [0.1, 0.15) is 12.5 Å². The first-order valence-corrected chi connectivity index (χ1v) is 5.84. The van der Waals surface area contributed by atoms with E-state index >= 15 is 0 Å². The van der Waals surface area contributed by atoms with Crippen molar-refractivity contribution in [1.29, 1.82) is 0 Å². The number of anilines is 1. The Morgan fingerprint density at radius 3 is 2.50 bits per heavy atom. The number of nitrogens with one attached hydrogen (secondary N) is 2.